The lowest BCUT2D eigenvalue weighted by molar-refractivity contribution is 0.0453. The van der Waals surface area contributed by atoms with Gasteiger partial charge in [0.2, 0.25) is 0 Å². The number of hydrogen-bond donors (Lipinski definition) is 1. The van der Waals surface area contributed by atoms with Crippen molar-refractivity contribution in [3.63, 3.8) is 0 Å². The van der Waals surface area contributed by atoms with Crippen LogP contribution in [0, 0.1) is 5.82 Å². The summed E-state index contributed by atoms with van der Waals surface area (Å²) in [7, 11) is 0. The first-order chi connectivity index (χ1) is 10.0. The van der Waals surface area contributed by atoms with E-state index in [1.165, 1.54) is 6.07 Å². The highest BCUT2D eigenvalue weighted by Crippen LogP contribution is 2.30. The summed E-state index contributed by atoms with van der Waals surface area (Å²) in [6.45, 7) is 10.0. The zero-order valence-electron chi connectivity index (χ0n) is 13.5. The minimum atomic E-state index is -1.09. The predicted octanol–water partition coefficient (Wildman–Crippen LogP) is 4.83. The van der Waals surface area contributed by atoms with Gasteiger partial charge in [-0.05, 0) is 40.2 Å². The zero-order valence-corrected chi connectivity index (χ0v) is 13.5. The lowest BCUT2D eigenvalue weighted by Crippen LogP contribution is -2.46. The van der Waals surface area contributed by atoms with Crippen molar-refractivity contribution >= 4 is 6.09 Å². The molecule has 1 aromatic carbocycles. The first-order valence-electron chi connectivity index (χ1n) is 7.13. The van der Waals surface area contributed by atoms with Gasteiger partial charge in [-0.1, -0.05) is 24.8 Å². The third-order valence-electron chi connectivity index (χ3n) is 3.14. The first-order valence-corrected chi connectivity index (χ1v) is 7.13. The summed E-state index contributed by atoms with van der Waals surface area (Å²) in [6.07, 6.45) is -0.494. The van der Waals surface area contributed by atoms with Crippen molar-refractivity contribution in [2.75, 3.05) is 0 Å². The fraction of sp³-hybridized carbons (Fsp3) is 0.471. The molecule has 1 aromatic rings. The molecule has 1 N–H and O–H groups in total. The van der Waals surface area contributed by atoms with Crippen LogP contribution in [0.15, 0.2) is 36.7 Å². The quantitative estimate of drug-likeness (QED) is 0.846. The molecule has 1 amide bonds. The fourth-order valence-corrected chi connectivity index (χ4v) is 2.09. The van der Waals surface area contributed by atoms with Crippen molar-refractivity contribution in [2.45, 2.75) is 51.7 Å². The van der Waals surface area contributed by atoms with Crippen molar-refractivity contribution < 1.29 is 18.3 Å². The maximum Gasteiger partial charge on any atom is 0.408 e. The van der Waals surface area contributed by atoms with Gasteiger partial charge in [0.15, 0.2) is 0 Å². The minimum absolute atomic E-state index is 0.0145. The highest BCUT2D eigenvalue weighted by Gasteiger charge is 2.33. The Hall–Kier alpha value is -1.91. The van der Waals surface area contributed by atoms with Gasteiger partial charge in [0.25, 0.3) is 0 Å². The fourth-order valence-electron chi connectivity index (χ4n) is 2.09. The lowest BCUT2D eigenvalue weighted by atomic mass is 9.87. The van der Waals surface area contributed by atoms with Crippen LogP contribution in [0.5, 0.6) is 0 Å². The summed E-state index contributed by atoms with van der Waals surface area (Å²) in [6, 6.07) is 6.08. The molecule has 0 aliphatic carbocycles. The number of nitrogens with one attached hydrogen (secondary N) is 1. The second-order valence-corrected chi connectivity index (χ2v) is 6.46. The van der Waals surface area contributed by atoms with Crippen LogP contribution in [0.3, 0.4) is 0 Å². The number of hydrogen-bond acceptors (Lipinski definition) is 2. The molecule has 0 aliphatic heterocycles. The summed E-state index contributed by atoms with van der Waals surface area (Å²) in [5.41, 5.74) is -1.49. The molecule has 0 saturated carbocycles. The Balaban J connectivity index is 3.04. The SMILES string of the molecule is C=C(F)CC[C@](C)(NC(=O)OC(C)(C)C)c1ccccc1F. The minimum Gasteiger partial charge on any atom is -0.444 e. The van der Waals surface area contributed by atoms with Gasteiger partial charge >= 0.3 is 6.09 Å². The van der Waals surface area contributed by atoms with Gasteiger partial charge in [-0.2, -0.15) is 0 Å². The molecule has 1 rings (SSSR count). The number of amides is 1. The highest BCUT2D eigenvalue weighted by atomic mass is 19.1. The number of ether oxygens (including phenoxy) is 1. The van der Waals surface area contributed by atoms with Gasteiger partial charge in [-0.3, -0.25) is 0 Å². The number of carbonyl (C=O) groups is 1. The van der Waals surface area contributed by atoms with Crippen molar-refractivity contribution in [1.29, 1.82) is 0 Å². The van der Waals surface area contributed by atoms with Crippen LogP contribution in [0.4, 0.5) is 13.6 Å². The Morgan fingerprint density at radius 2 is 1.86 bits per heavy atom. The summed E-state index contributed by atoms with van der Waals surface area (Å²) >= 11 is 0. The van der Waals surface area contributed by atoms with Crippen molar-refractivity contribution in [1.82, 2.24) is 5.32 Å². The van der Waals surface area contributed by atoms with Crippen molar-refractivity contribution in [3.05, 3.63) is 48.1 Å². The molecule has 122 valence electrons. The van der Waals surface area contributed by atoms with Gasteiger partial charge in [0.05, 0.1) is 11.4 Å². The molecular formula is C17H23F2NO2. The molecule has 22 heavy (non-hydrogen) atoms. The first kappa shape index (κ1) is 18.1. The van der Waals surface area contributed by atoms with Gasteiger partial charge in [0, 0.05) is 12.0 Å². The van der Waals surface area contributed by atoms with Crippen LogP contribution in [0.2, 0.25) is 0 Å². The molecule has 3 nitrogen and oxygen atoms in total. The van der Waals surface area contributed by atoms with E-state index in [1.54, 1.807) is 45.9 Å². The molecule has 0 bridgehead atoms. The van der Waals surface area contributed by atoms with E-state index in [0.29, 0.717) is 0 Å². The molecule has 0 fully saturated rings. The third-order valence-corrected chi connectivity index (χ3v) is 3.14. The number of benzene rings is 1. The number of alkyl carbamates (subject to hydrolysis) is 1. The molecule has 0 saturated heterocycles. The summed E-state index contributed by atoms with van der Waals surface area (Å²) in [5, 5.41) is 2.65. The number of carbonyl (C=O) groups excluding carboxylic acids is 1. The predicted molar refractivity (Wildman–Crippen MR) is 82.6 cm³/mol. The molecule has 0 aromatic heterocycles. The topological polar surface area (TPSA) is 38.3 Å². The smallest absolute Gasteiger partial charge is 0.408 e. The molecule has 0 radical (unpaired) electrons. The molecule has 5 heteroatoms. The molecule has 1 atom stereocenters. The van der Waals surface area contributed by atoms with Crippen molar-refractivity contribution in [2.24, 2.45) is 0 Å². The van der Waals surface area contributed by atoms with E-state index in [4.69, 9.17) is 4.74 Å². The van der Waals surface area contributed by atoms with E-state index in [9.17, 15) is 13.6 Å². The van der Waals surface area contributed by atoms with Crippen molar-refractivity contribution in [3.8, 4) is 0 Å². The molecule has 0 unspecified atom stereocenters. The molecule has 0 aliphatic rings. The molecule has 0 spiro atoms. The Morgan fingerprint density at radius 3 is 2.36 bits per heavy atom. The van der Waals surface area contributed by atoms with Gasteiger partial charge in [0.1, 0.15) is 11.4 Å². The normalized spacial score (nSPS) is 14.1. The molecular weight excluding hydrogens is 288 g/mol. The van der Waals surface area contributed by atoms with E-state index in [0.717, 1.165) is 0 Å². The third kappa shape index (κ3) is 5.47. The lowest BCUT2D eigenvalue weighted by Gasteiger charge is -2.32. The Labute approximate surface area is 130 Å². The summed E-state index contributed by atoms with van der Waals surface area (Å²) in [4.78, 5) is 12.0. The second-order valence-electron chi connectivity index (χ2n) is 6.46. The van der Waals surface area contributed by atoms with Crippen LogP contribution < -0.4 is 5.32 Å². The van der Waals surface area contributed by atoms with E-state index >= 15 is 0 Å². The zero-order chi connectivity index (χ0) is 17.0. The Morgan fingerprint density at radius 1 is 1.27 bits per heavy atom. The summed E-state index contributed by atoms with van der Waals surface area (Å²) < 4.78 is 32.3. The van der Waals surface area contributed by atoms with E-state index in [2.05, 4.69) is 11.9 Å². The van der Waals surface area contributed by atoms with E-state index in [1.807, 2.05) is 0 Å². The number of halogens is 2. The maximum atomic E-state index is 14.1. The largest absolute Gasteiger partial charge is 0.444 e. The highest BCUT2D eigenvalue weighted by molar-refractivity contribution is 5.69. The van der Waals surface area contributed by atoms with Gasteiger partial charge in [-0.15, -0.1) is 0 Å². The second kappa shape index (κ2) is 6.90. The standard InChI is InChI=1S/C17H23F2NO2/c1-12(18)10-11-17(5,13-8-6-7-9-14(13)19)20-15(21)22-16(2,3)4/h6-9H,1,10-11H2,2-5H3,(H,20,21)/t17-/m0/s1. The number of allylic oxidation sites excluding steroid dienone is 1. The van der Waals surface area contributed by atoms with Crippen LogP contribution in [0.25, 0.3) is 0 Å². The van der Waals surface area contributed by atoms with Crippen LogP contribution in [-0.4, -0.2) is 11.7 Å². The molecule has 0 heterocycles. The average molecular weight is 311 g/mol. The van der Waals surface area contributed by atoms with Crippen LogP contribution in [-0.2, 0) is 10.3 Å². The monoisotopic (exact) mass is 311 g/mol. The van der Waals surface area contributed by atoms with E-state index in [-0.39, 0.29) is 18.4 Å². The summed E-state index contributed by atoms with van der Waals surface area (Å²) in [5.74, 6) is -0.987. The Bertz CT molecular complexity index is 552. The van der Waals surface area contributed by atoms with Gasteiger partial charge in [-0.25, -0.2) is 13.6 Å². The van der Waals surface area contributed by atoms with Crippen LogP contribution >= 0.6 is 0 Å². The van der Waals surface area contributed by atoms with Gasteiger partial charge < -0.3 is 10.1 Å². The average Bonchev–Trinajstić information content (AvgIpc) is 2.34. The maximum absolute atomic E-state index is 14.1. The van der Waals surface area contributed by atoms with Crippen LogP contribution in [0.1, 0.15) is 46.1 Å². The van der Waals surface area contributed by atoms with E-state index < -0.39 is 28.9 Å². The Kier molecular flexibility index (Phi) is 5.69. The number of rotatable bonds is 5.